The van der Waals surface area contributed by atoms with Crippen LogP contribution in [0.4, 0.5) is 13.2 Å². The Morgan fingerprint density at radius 3 is 2.58 bits per heavy atom. The molecule has 2 atom stereocenters. The molecule has 0 unspecified atom stereocenters. The van der Waals surface area contributed by atoms with Gasteiger partial charge in [0.2, 0.25) is 0 Å². The molecule has 4 rings (SSSR count). The molecule has 3 heterocycles. The maximum atomic E-state index is 13.5. The Kier molecular flexibility index (Phi) is 6.11. The number of benzene rings is 1. The number of carbonyl (C=O) groups excluding carboxylic acids is 1. The number of hydrogen-bond acceptors (Lipinski definition) is 8. The van der Waals surface area contributed by atoms with Crippen molar-refractivity contribution in [3.63, 3.8) is 0 Å². The number of hydrogen-bond donors (Lipinski definition) is 0. The third kappa shape index (κ3) is 4.71. The van der Waals surface area contributed by atoms with Gasteiger partial charge in [0.1, 0.15) is 17.5 Å². The van der Waals surface area contributed by atoms with Crippen LogP contribution in [0.15, 0.2) is 36.8 Å². The van der Waals surface area contributed by atoms with Gasteiger partial charge in [0.25, 0.3) is 5.91 Å². The van der Waals surface area contributed by atoms with Crippen LogP contribution in [0.25, 0.3) is 5.69 Å². The lowest BCUT2D eigenvalue weighted by Crippen LogP contribution is -2.51. The molecule has 3 aromatic rings. The van der Waals surface area contributed by atoms with Crippen molar-refractivity contribution in [2.24, 2.45) is 0 Å². The summed E-state index contributed by atoms with van der Waals surface area (Å²) in [4.78, 5) is 20.1. The highest BCUT2D eigenvalue weighted by Crippen LogP contribution is 2.28. The second-order valence-corrected chi connectivity index (χ2v) is 7.36. The average Bonchev–Trinajstić information content (AvgIpc) is 3.34. The maximum absolute atomic E-state index is 13.5. The Morgan fingerprint density at radius 2 is 1.94 bits per heavy atom. The summed E-state index contributed by atoms with van der Waals surface area (Å²) < 4.78 is 49.0. The number of likely N-dealkylation sites (tertiary alicyclic amines) is 1. The van der Waals surface area contributed by atoms with E-state index in [1.807, 2.05) is 0 Å². The van der Waals surface area contributed by atoms with Crippen LogP contribution in [0.3, 0.4) is 0 Å². The van der Waals surface area contributed by atoms with Gasteiger partial charge in [-0.3, -0.25) is 4.79 Å². The van der Waals surface area contributed by atoms with Gasteiger partial charge in [-0.1, -0.05) is 5.10 Å². The van der Waals surface area contributed by atoms with E-state index in [1.54, 1.807) is 30.0 Å². The predicted molar refractivity (Wildman–Crippen MR) is 107 cm³/mol. The van der Waals surface area contributed by atoms with Crippen molar-refractivity contribution >= 4 is 5.91 Å². The number of halogens is 3. The summed E-state index contributed by atoms with van der Waals surface area (Å²) in [6, 6.07) is 4.29. The number of nitrogens with zero attached hydrogens (tertiary/aromatic N) is 7. The molecule has 0 radical (unpaired) electrons. The summed E-state index contributed by atoms with van der Waals surface area (Å²) in [6.07, 6.45) is -0.394. The van der Waals surface area contributed by atoms with Crippen LogP contribution in [0, 0.1) is 0 Å². The molecule has 2 aromatic heterocycles. The maximum Gasteiger partial charge on any atom is 0.436 e. The minimum atomic E-state index is -4.64. The molecule has 33 heavy (non-hydrogen) atoms. The summed E-state index contributed by atoms with van der Waals surface area (Å²) in [6.45, 7) is 2.28. The Labute approximate surface area is 186 Å². The van der Waals surface area contributed by atoms with E-state index >= 15 is 0 Å². The lowest BCUT2D eigenvalue weighted by atomic mass is 9.98. The highest BCUT2D eigenvalue weighted by Gasteiger charge is 2.36. The number of carbonyl (C=O) groups is 1. The monoisotopic (exact) mass is 463 g/mol. The van der Waals surface area contributed by atoms with E-state index in [0.717, 1.165) is 0 Å². The van der Waals surface area contributed by atoms with Crippen molar-refractivity contribution in [1.82, 2.24) is 35.1 Å². The summed E-state index contributed by atoms with van der Waals surface area (Å²) in [5, 5.41) is 14.8. The highest BCUT2D eigenvalue weighted by molar-refractivity contribution is 5.98. The number of alkyl halides is 3. The van der Waals surface area contributed by atoms with Crippen LogP contribution in [0.1, 0.15) is 35.8 Å². The molecule has 0 bridgehead atoms. The smallest absolute Gasteiger partial charge is 0.436 e. The van der Waals surface area contributed by atoms with Crippen molar-refractivity contribution < 1.29 is 27.4 Å². The van der Waals surface area contributed by atoms with E-state index in [-0.39, 0.29) is 11.9 Å². The van der Waals surface area contributed by atoms with Crippen LogP contribution in [-0.2, 0) is 6.18 Å². The molecule has 0 spiro atoms. The van der Waals surface area contributed by atoms with Gasteiger partial charge >= 0.3 is 12.2 Å². The van der Waals surface area contributed by atoms with Crippen LogP contribution < -0.4 is 9.47 Å². The number of amides is 1. The number of rotatable bonds is 5. The topological polar surface area (TPSA) is 108 Å². The van der Waals surface area contributed by atoms with E-state index in [0.29, 0.717) is 42.6 Å². The highest BCUT2D eigenvalue weighted by atomic mass is 19.4. The molecule has 1 aliphatic rings. The van der Waals surface area contributed by atoms with Gasteiger partial charge in [-0.25, -0.2) is 4.98 Å². The van der Waals surface area contributed by atoms with E-state index in [4.69, 9.17) is 9.47 Å². The minimum Gasteiger partial charge on any atom is -0.497 e. The first-order chi connectivity index (χ1) is 15.8. The van der Waals surface area contributed by atoms with Crippen LogP contribution >= 0.6 is 0 Å². The van der Waals surface area contributed by atoms with Gasteiger partial charge in [-0.15, -0.1) is 5.10 Å². The molecule has 0 aliphatic carbocycles. The zero-order valence-electron chi connectivity index (χ0n) is 17.7. The van der Waals surface area contributed by atoms with Crippen molar-refractivity contribution in [1.29, 1.82) is 0 Å². The second kappa shape index (κ2) is 9.00. The van der Waals surface area contributed by atoms with Crippen LogP contribution in [0.5, 0.6) is 11.8 Å². The molecular formula is C20H20F3N7O3. The van der Waals surface area contributed by atoms with E-state index in [1.165, 1.54) is 24.3 Å². The molecule has 1 saturated heterocycles. The summed E-state index contributed by atoms with van der Waals surface area (Å²) >= 11 is 0. The fourth-order valence-corrected chi connectivity index (χ4v) is 3.62. The molecule has 1 aliphatic heterocycles. The van der Waals surface area contributed by atoms with Crippen LogP contribution in [0.2, 0.25) is 0 Å². The third-order valence-corrected chi connectivity index (χ3v) is 5.34. The normalized spacial score (nSPS) is 18.8. The standard InChI is InChI=1S/C20H20F3N7O3/c1-12-16(33-19-24-11-17(27-28-19)20(21,22)23)4-3-9-29(12)18(31)14-6-5-13(32-2)10-15(14)30-25-7-8-26-30/h5-8,10-12,16H,3-4,9H2,1-2H3/t12-,16+/m0/s1. The van der Waals surface area contributed by atoms with Gasteiger partial charge in [0.15, 0.2) is 5.69 Å². The Balaban J connectivity index is 1.55. The van der Waals surface area contributed by atoms with Crippen LogP contribution in [-0.4, -0.2) is 66.8 Å². The summed E-state index contributed by atoms with van der Waals surface area (Å²) in [5.74, 6) is 0.274. The molecule has 1 aromatic carbocycles. The number of methoxy groups -OCH3 is 1. The second-order valence-electron chi connectivity index (χ2n) is 7.36. The predicted octanol–water partition coefficient (Wildman–Crippen LogP) is 2.55. The first kappa shape index (κ1) is 22.4. The molecule has 13 heteroatoms. The SMILES string of the molecule is COc1ccc(C(=O)N2CCC[C@@H](Oc3ncc(C(F)(F)F)nn3)[C@@H]2C)c(-n2nccn2)c1. The molecule has 0 N–H and O–H groups in total. The van der Waals surface area contributed by atoms with Gasteiger partial charge in [-0.2, -0.15) is 28.2 Å². The largest absolute Gasteiger partial charge is 0.497 e. The Bertz CT molecular complexity index is 1110. The number of piperidine rings is 1. The number of ether oxygens (including phenoxy) is 2. The van der Waals surface area contributed by atoms with Gasteiger partial charge in [0.05, 0.1) is 37.3 Å². The summed E-state index contributed by atoms with van der Waals surface area (Å²) in [5.41, 5.74) is -0.385. The zero-order chi connectivity index (χ0) is 23.6. The average molecular weight is 463 g/mol. The van der Waals surface area contributed by atoms with Crippen molar-refractivity contribution in [2.45, 2.75) is 38.1 Å². The minimum absolute atomic E-state index is 0.266. The molecule has 1 fully saturated rings. The van der Waals surface area contributed by atoms with Crippen molar-refractivity contribution in [2.75, 3.05) is 13.7 Å². The summed E-state index contributed by atoms with van der Waals surface area (Å²) in [7, 11) is 1.52. The van der Waals surface area contributed by atoms with Gasteiger partial charge in [-0.05, 0) is 31.9 Å². The molecule has 1 amide bonds. The lowest BCUT2D eigenvalue weighted by Gasteiger charge is -2.39. The molecule has 174 valence electrons. The first-order valence-corrected chi connectivity index (χ1v) is 10.1. The fourth-order valence-electron chi connectivity index (χ4n) is 3.62. The number of aromatic nitrogens is 6. The van der Waals surface area contributed by atoms with Crippen molar-refractivity contribution in [3.8, 4) is 17.4 Å². The van der Waals surface area contributed by atoms with Gasteiger partial charge < -0.3 is 14.4 Å². The van der Waals surface area contributed by atoms with E-state index < -0.39 is 24.0 Å². The quantitative estimate of drug-likeness (QED) is 0.568. The zero-order valence-corrected chi connectivity index (χ0v) is 17.7. The third-order valence-electron chi connectivity index (χ3n) is 5.34. The fraction of sp³-hybridized carbons (Fsp3) is 0.400. The van der Waals surface area contributed by atoms with Gasteiger partial charge in [0, 0.05) is 12.6 Å². The molecule has 10 nitrogen and oxygen atoms in total. The lowest BCUT2D eigenvalue weighted by molar-refractivity contribution is -0.142. The van der Waals surface area contributed by atoms with E-state index in [2.05, 4.69) is 25.4 Å². The Hall–Kier alpha value is -3.77. The Morgan fingerprint density at radius 1 is 1.18 bits per heavy atom. The first-order valence-electron chi connectivity index (χ1n) is 10.1. The van der Waals surface area contributed by atoms with Crippen molar-refractivity contribution in [3.05, 3.63) is 48.0 Å². The molecule has 0 saturated carbocycles. The molecular weight excluding hydrogens is 443 g/mol. The van der Waals surface area contributed by atoms with E-state index in [9.17, 15) is 18.0 Å².